The molecule has 0 aromatic heterocycles. The minimum Gasteiger partial charge on any atom is -0.385 e. The molecule has 0 aliphatic heterocycles. The summed E-state index contributed by atoms with van der Waals surface area (Å²) >= 11 is 0. The summed E-state index contributed by atoms with van der Waals surface area (Å²) in [6.45, 7) is 5.38. The van der Waals surface area contributed by atoms with E-state index in [9.17, 15) is 9.59 Å². The second kappa shape index (κ2) is 9.20. The van der Waals surface area contributed by atoms with Crippen molar-refractivity contribution < 1.29 is 14.4 Å². The van der Waals surface area contributed by atoms with E-state index in [0.29, 0.717) is 11.6 Å². The zero-order valence-electron chi connectivity index (χ0n) is 15.2. The van der Waals surface area contributed by atoms with Crippen LogP contribution in [0.5, 0.6) is 0 Å². The molecule has 2 atom stereocenters. The van der Waals surface area contributed by atoms with Crippen molar-refractivity contribution in [3.63, 3.8) is 0 Å². The molecule has 1 fully saturated rings. The molecule has 0 radical (unpaired) electrons. The number of amides is 2. The quantitative estimate of drug-likeness (QED) is 0.614. The smallest absolute Gasteiger partial charge is 0.261 e. The van der Waals surface area contributed by atoms with Crippen LogP contribution in [-0.4, -0.2) is 30.2 Å². The third-order valence-electron chi connectivity index (χ3n) is 4.48. The lowest BCUT2D eigenvalue weighted by molar-refractivity contribution is -0.127. The van der Waals surface area contributed by atoms with E-state index in [1.807, 2.05) is 19.1 Å². The summed E-state index contributed by atoms with van der Waals surface area (Å²) in [5, 5.41) is 9.75. The SMILES string of the molecule is CC(=O)Nc1ccc(/C(C)=N/OCC(=O)NC2CCCCC2C)cc1. The van der Waals surface area contributed by atoms with Crippen LogP contribution in [0.4, 0.5) is 5.69 Å². The van der Waals surface area contributed by atoms with Crippen LogP contribution in [0.2, 0.25) is 0 Å². The zero-order chi connectivity index (χ0) is 18.2. The zero-order valence-corrected chi connectivity index (χ0v) is 15.2. The van der Waals surface area contributed by atoms with E-state index in [1.165, 1.54) is 19.8 Å². The van der Waals surface area contributed by atoms with Crippen LogP contribution in [0.15, 0.2) is 29.4 Å². The molecule has 6 heteroatoms. The number of oxime groups is 1. The minimum atomic E-state index is -0.128. The average Bonchev–Trinajstić information content (AvgIpc) is 2.57. The predicted octanol–water partition coefficient (Wildman–Crippen LogP) is 3.08. The van der Waals surface area contributed by atoms with Crippen LogP contribution in [0.1, 0.15) is 52.0 Å². The van der Waals surface area contributed by atoms with Crippen molar-refractivity contribution in [3.05, 3.63) is 29.8 Å². The van der Waals surface area contributed by atoms with E-state index in [4.69, 9.17) is 4.84 Å². The Morgan fingerprint density at radius 3 is 2.48 bits per heavy atom. The molecule has 2 N–H and O–H groups in total. The van der Waals surface area contributed by atoms with Crippen molar-refractivity contribution in [1.29, 1.82) is 0 Å². The van der Waals surface area contributed by atoms with Gasteiger partial charge >= 0.3 is 0 Å². The van der Waals surface area contributed by atoms with E-state index in [2.05, 4.69) is 22.7 Å². The van der Waals surface area contributed by atoms with Gasteiger partial charge in [0.05, 0.1) is 5.71 Å². The first-order chi connectivity index (χ1) is 12.0. The fourth-order valence-corrected chi connectivity index (χ4v) is 3.02. The number of nitrogens with zero attached hydrogens (tertiary/aromatic N) is 1. The van der Waals surface area contributed by atoms with E-state index in [0.717, 1.165) is 24.1 Å². The molecule has 2 unspecified atom stereocenters. The van der Waals surface area contributed by atoms with Gasteiger partial charge in [-0.25, -0.2) is 0 Å². The average molecular weight is 345 g/mol. The highest BCUT2D eigenvalue weighted by Crippen LogP contribution is 2.23. The molecule has 0 spiro atoms. The topological polar surface area (TPSA) is 79.8 Å². The third kappa shape index (κ3) is 6.21. The molecule has 1 saturated carbocycles. The fourth-order valence-electron chi connectivity index (χ4n) is 3.02. The summed E-state index contributed by atoms with van der Waals surface area (Å²) in [7, 11) is 0. The molecule has 2 rings (SSSR count). The number of hydrogen-bond donors (Lipinski definition) is 2. The number of carbonyl (C=O) groups excluding carboxylic acids is 2. The lowest BCUT2D eigenvalue weighted by Gasteiger charge is -2.29. The number of anilines is 1. The van der Waals surface area contributed by atoms with Crippen molar-refractivity contribution in [2.24, 2.45) is 11.1 Å². The lowest BCUT2D eigenvalue weighted by Crippen LogP contribution is -2.42. The number of benzene rings is 1. The molecule has 1 aromatic rings. The molecule has 0 saturated heterocycles. The van der Waals surface area contributed by atoms with Crippen LogP contribution in [0.25, 0.3) is 0 Å². The monoisotopic (exact) mass is 345 g/mol. The molecule has 1 aromatic carbocycles. The fraction of sp³-hybridized carbons (Fsp3) is 0.526. The van der Waals surface area contributed by atoms with Crippen molar-refractivity contribution in [3.8, 4) is 0 Å². The van der Waals surface area contributed by atoms with Gasteiger partial charge in [-0.2, -0.15) is 0 Å². The Morgan fingerprint density at radius 1 is 1.16 bits per heavy atom. The van der Waals surface area contributed by atoms with Crippen molar-refractivity contribution >= 4 is 23.2 Å². The molecule has 2 amide bonds. The van der Waals surface area contributed by atoms with Gasteiger partial charge in [0.25, 0.3) is 5.91 Å². The van der Waals surface area contributed by atoms with Gasteiger partial charge in [0.1, 0.15) is 0 Å². The number of carbonyl (C=O) groups is 2. The predicted molar refractivity (Wildman–Crippen MR) is 98.5 cm³/mol. The minimum absolute atomic E-state index is 0.0788. The van der Waals surface area contributed by atoms with Gasteiger partial charge < -0.3 is 15.5 Å². The van der Waals surface area contributed by atoms with Crippen LogP contribution >= 0.6 is 0 Å². The van der Waals surface area contributed by atoms with Crippen LogP contribution in [0.3, 0.4) is 0 Å². The van der Waals surface area contributed by atoms with Gasteiger partial charge in [-0.1, -0.05) is 37.1 Å². The summed E-state index contributed by atoms with van der Waals surface area (Å²) < 4.78 is 0. The van der Waals surface area contributed by atoms with Crippen LogP contribution in [-0.2, 0) is 14.4 Å². The molecule has 0 bridgehead atoms. The molecular weight excluding hydrogens is 318 g/mol. The van der Waals surface area contributed by atoms with E-state index in [-0.39, 0.29) is 24.5 Å². The first kappa shape index (κ1) is 19.0. The second-order valence-electron chi connectivity index (χ2n) is 6.64. The van der Waals surface area contributed by atoms with E-state index in [1.54, 1.807) is 12.1 Å². The van der Waals surface area contributed by atoms with Crippen LogP contribution in [0, 0.1) is 5.92 Å². The first-order valence-corrected chi connectivity index (χ1v) is 8.79. The highest BCUT2D eigenvalue weighted by molar-refractivity contribution is 5.99. The molecule has 25 heavy (non-hydrogen) atoms. The Labute approximate surface area is 149 Å². The summed E-state index contributed by atoms with van der Waals surface area (Å²) in [6, 6.07) is 7.53. The Morgan fingerprint density at radius 2 is 1.84 bits per heavy atom. The summed E-state index contributed by atoms with van der Waals surface area (Å²) in [5.74, 6) is 0.279. The van der Waals surface area contributed by atoms with E-state index < -0.39 is 0 Å². The Bertz CT molecular complexity index is 625. The van der Waals surface area contributed by atoms with Gasteiger partial charge in [-0.3, -0.25) is 9.59 Å². The second-order valence-corrected chi connectivity index (χ2v) is 6.64. The van der Waals surface area contributed by atoms with Gasteiger partial charge in [-0.05, 0) is 43.4 Å². The summed E-state index contributed by atoms with van der Waals surface area (Å²) in [6.07, 6.45) is 4.61. The standard InChI is InChI=1S/C19H27N3O3/c1-13-6-4-5-7-18(13)21-19(24)12-25-22-14(2)16-8-10-17(11-9-16)20-15(3)23/h8-11,13,18H,4-7,12H2,1-3H3,(H,20,23)(H,21,24)/b22-14+. The van der Waals surface area contributed by atoms with Crippen LogP contribution < -0.4 is 10.6 Å². The normalized spacial score (nSPS) is 20.7. The highest BCUT2D eigenvalue weighted by atomic mass is 16.6. The summed E-state index contributed by atoms with van der Waals surface area (Å²) in [5.41, 5.74) is 2.27. The molecule has 6 nitrogen and oxygen atoms in total. The number of hydrogen-bond acceptors (Lipinski definition) is 4. The molecule has 1 aliphatic carbocycles. The highest BCUT2D eigenvalue weighted by Gasteiger charge is 2.22. The summed E-state index contributed by atoms with van der Waals surface area (Å²) in [4.78, 5) is 28.2. The molecule has 0 heterocycles. The largest absolute Gasteiger partial charge is 0.385 e. The number of nitrogens with one attached hydrogen (secondary N) is 2. The van der Waals surface area contributed by atoms with Gasteiger partial charge in [-0.15, -0.1) is 0 Å². The first-order valence-electron chi connectivity index (χ1n) is 8.79. The van der Waals surface area contributed by atoms with Gasteiger partial charge in [0, 0.05) is 18.7 Å². The Kier molecular flexibility index (Phi) is 6.98. The number of rotatable bonds is 6. The van der Waals surface area contributed by atoms with E-state index >= 15 is 0 Å². The lowest BCUT2D eigenvalue weighted by atomic mass is 9.86. The van der Waals surface area contributed by atoms with Crippen molar-refractivity contribution in [2.75, 3.05) is 11.9 Å². The maximum atomic E-state index is 12.0. The van der Waals surface area contributed by atoms with Gasteiger partial charge in [0.2, 0.25) is 5.91 Å². The third-order valence-corrected chi connectivity index (χ3v) is 4.48. The molecule has 1 aliphatic rings. The Hall–Kier alpha value is -2.37. The molecular formula is C19H27N3O3. The maximum Gasteiger partial charge on any atom is 0.261 e. The van der Waals surface area contributed by atoms with Crippen molar-refractivity contribution in [2.45, 2.75) is 52.5 Å². The van der Waals surface area contributed by atoms with Gasteiger partial charge in [0.15, 0.2) is 6.61 Å². The molecule has 136 valence electrons. The maximum absolute atomic E-state index is 12.0. The van der Waals surface area contributed by atoms with Crippen molar-refractivity contribution in [1.82, 2.24) is 5.32 Å². The Balaban J connectivity index is 1.80.